The van der Waals surface area contributed by atoms with Crippen LogP contribution in [0.5, 0.6) is 5.75 Å². The summed E-state index contributed by atoms with van der Waals surface area (Å²) >= 11 is 0. The minimum absolute atomic E-state index is 0.0987. The summed E-state index contributed by atoms with van der Waals surface area (Å²) in [7, 11) is 1.68. The van der Waals surface area contributed by atoms with Crippen molar-refractivity contribution in [2.75, 3.05) is 20.2 Å². The molecule has 0 saturated carbocycles. The lowest BCUT2D eigenvalue weighted by atomic mass is 10.1. The summed E-state index contributed by atoms with van der Waals surface area (Å²) < 4.78 is 5.27. The number of aliphatic imine (C=N–C) groups is 1. The fourth-order valence-corrected chi connectivity index (χ4v) is 2.60. The summed E-state index contributed by atoms with van der Waals surface area (Å²) in [6, 6.07) is 6.07. The molecular formula is C17H22N4O. The summed E-state index contributed by atoms with van der Waals surface area (Å²) in [4.78, 5) is 8.68. The van der Waals surface area contributed by atoms with Crippen LogP contribution in [0.1, 0.15) is 17.5 Å². The standard InChI is InChI=1S/C17H22N4O/c1-13-12-14(4-5-15(13)22-2)6-10-21-11-7-16(19-17(21)18)20-8-3-9-20/h4-7,10-12,16H,3,8-9H2,1-2H3,(H2,18,19)/b10-6+. The molecule has 0 radical (unpaired) electrons. The van der Waals surface area contributed by atoms with Gasteiger partial charge in [-0.3, -0.25) is 9.80 Å². The van der Waals surface area contributed by atoms with E-state index in [1.165, 1.54) is 6.42 Å². The second-order valence-corrected chi connectivity index (χ2v) is 5.58. The van der Waals surface area contributed by atoms with Crippen LogP contribution in [0.25, 0.3) is 6.08 Å². The molecule has 2 heterocycles. The zero-order valence-corrected chi connectivity index (χ0v) is 13.1. The van der Waals surface area contributed by atoms with Crippen molar-refractivity contribution < 1.29 is 4.74 Å². The van der Waals surface area contributed by atoms with Crippen LogP contribution in [0.2, 0.25) is 0 Å². The number of benzene rings is 1. The summed E-state index contributed by atoms with van der Waals surface area (Å²) in [5.74, 6) is 1.43. The minimum atomic E-state index is 0.0987. The molecular weight excluding hydrogens is 276 g/mol. The van der Waals surface area contributed by atoms with Crippen LogP contribution >= 0.6 is 0 Å². The van der Waals surface area contributed by atoms with Crippen LogP contribution in [0.4, 0.5) is 0 Å². The molecule has 2 N–H and O–H groups in total. The van der Waals surface area contributed by atoms with E-state index >= 15 is 0 Å². The molecule has 2 aliphatic heterocycles. The number of rotatable bonds is 4. The first-order valence-electron chi connectivity index (χ1n) is 7.54. The Morgan fingerprint density at radius 2 is 2.18 bits per heavy atom. The lowest BCUT2D eigenvalue weighted by molar-refractivity contribution is 0.146. The van der Waals surface area contributed by atoms with E-state index < -0.39 is 0 Å². The molecule has 0 bridgehead atoms. The number of likely N-dealkylation sites (tertiary alicyclic amines) is 1. The maximum Gasteiger partial charge on any atom is 0.201 e. The minimum Gasteiger partial charge on any atom is -0.496 e. The van der Waals surface area contributed by atoms with Crippen molar-refractivity contribution >= 4 is 12.0 Å². The van der Waals surface area contributed by atoms with Gasteiger partial charge in [-0.05, 0) is 48.8 Å². The Balaban J connectivity index is 1.68. The Bertz CT molecular complexity index is 632. The lowest BCUT2D eigenvalue weighted by Crippen LogP contribution is -2.46. The van der Waals surface area contributed by atoms with Gasteiger partial charge in [-0.2, -0.15) is 0 Å². The third kappa shape index (κ3) is 2.99. The van der Waals surface area contributed by atoms with Gasteiger partial charge in [0, 0.05) is 25.5 Å². The quantitative estimate of drug-likeness (QED) is 0.925. The Morgan fingerprint density at radius 1 is 1.36 bits per heavy atom. The van der Waals surface area contributed by atoms with Gasteiger partial charge in [-0.25, -0.2) is 4.99 Å². The van der Waals surface area contributed by atoms with Crippen molar-refractivity contribution in [2.45, 2.75) is 19.5 Å². The van der Waals surface area contributed by atoms with Gasteiger partial charge in [0.2, 0.25) is 5.96 Å². The molecule has 1 fully saturated rings. The average molecular weight is 298 g/mol. The largest absolute Gasteiger partial charge is 0.496 e. The number of methoxy groups -OCH3 is 1. The van der Waals surface area contributed by atoms with Crippen LogP contribution in [0, 0.1) is 6.92 Å². The maximum atomic E-state index is 6.05. The van der Waals surface area contributed by atoms with E-state index in [-0.39, 0.29) is 6.17 Å². The van der Waals surface area contributed by atoms with E-state index in [4.69, 9.17) is 10.5 Å². The van der Waals surface area contributed by atoms with E-state index in [2.05, 4.69) is 22.0 Å². The number of hydrogen-bond donors (Lipinski definition) is 1. The van der Waals surface area contributed by atoms with Gasteiger partial charge >= 0.3 is 0 Å². The maximum absolute atomic E-state index is 6.05. The molecule has 1 aromatic rings. The third-order valence-electron chi connectivity index (χ3n) is 4.06. The van der Waals surface area contributed by atoms with E-state index in [9.17, 15) is 0 Å². The van der Waals surface area contributed by atoms with Crippen LogP contribution in [-0.4, -0.2) is 42.1 Å². The van der Waals surface area contributed by atoms with Crippen LogP contribution < -0.4 is 10.5 Å². The van der Waals surface area contributed by atoms with Crippen LogP contribution in [-0.2, 0) is 0 Å². The molecule has 1 unspecified atom stereocenters. The molecule has 0 amide bonds. The van der Waals surface area contributed by atoms with Gasteiger partial charge < -0.3 is 10.5 Å². The Morgan fingerprint density at radius 3 is 2.77 bits per heavy atom. The van der Waals surface area contributed by atoms with Crippen molar-refractivity contribution in [3.05, 3.63) is 47.8 Å². The highest BCUT2D eigenvalue weighted by Crippen LogP contribution is 2.20. The van der Waals surface area contributed by atoms with Gasteiger partial charge in [0.05, 0.1) is 7.11 Å². The Kier molecular flexibility index (Phi) is 4.15. The monoisotopic (exact) mass is 298 g/mol. The topological polar surface area (TPSA) is 54.1 Å². The molecule has 5 heteroatoms. The van der Waals surface area contributed by atoms with Crippen molar-refractivity contribution in [3.8, 4) is 5.75 Å². The summed E-state index contributed by atoms with van der Waals surface area (Å²) in [6.07, 6.45) is 9.37. The molecule has 0 aromatic heterocycles. The molecule has 2 aliphatic rings. The van der Waals surface area contributed by atoms with Gasteiger partial charge in [0.15, 0.2) is 0 Å². The fourth-order valence-electron chi connectivity index (χ4n) is 2.60. The molecule has 1 saturated heterocycles. The van der Waals surface area contributed by atoms with E-state index in [0.717, 1.165) is 30.0 Å². The highest BCUT2D eigenvalue weighted by atomic mass is 16.5. The first-order valence-corrected chi connectivity index (χ1v) is 7.54. The van der Waals surface area contributed by atoms with E-state index in [1.54, 1.807) is 7.11 Å². The van der Waals surface area contributed by atoms with Crippen molar-refractivity contribution in [3.63, 3.8) is 0 Å². The molecule has 116 valence electrons. The highest BCUT2D eigenvalue weighted by molar-refractivity contribution is 5.82. The van der Waals surface area contributed by atoms with E-state index in [1.807, 2.05) is 42.4 Å². The first-order chi connectivity index (χ1) is 10.7. The highest BCUT2D eigenvalue weighted by Gasteiger charge is 2.24. The third-order valence-corrected chi connectivity index (χ3v) is 4.06. The number of nitrogens with two attached hydrogens (primary N) is 1. The Hall–Kier alpha value is -2.27. The van der Waals surface area contributed by atoms with Crippen LogP contribution in [0.3, 0.4) is 0 Å². The number of hydrogen-bond acceptors (Lipinski definition) is 5. The second kappa shape index (κ2) is 6.23. The average Bonchev–Trinajstić information content (AvgIpc) is 2.45. The van der Waals surface area contributed by atoms with Crippen molar-refractivity contribution in [1.82, 2.24) is 9.80 Å². The second-order valence-electron chi connectivity index (χ2n) is 5.58. The molecule has 3 rings (SSSR count). The SMILES string of the molecule is COc1ccc(/C=C/N2C=CC(N3CCC3)N=C2N)cc1C. The lowest BCUT2D eigenvalue weighted by Gasteiger charge is -2.36. The summed E-state index contributed by atoms with van der Waals surface area (Å²) in [5, 5.41) is 0. The molecule has 5 nitrogen and oxygen atoms in total. The molecule has 0 spiro atoms. The first kappa shape index (κ1) is 14.7. The predicted octanol–water partition coefficient (Wildman–Crippen LogP) is 2.15. The van der Waals surface area contributed by atoms with Crippen LogP contribution in [0.15, 0.2) is 41.7 Å². The van der Waals surface area contributed by atoms with Gasteiger partial charge in [-0.15, -0.1) is 0 Å². The number of guanidine groups is 1. The molecule has 0 aliphatic carbocycles. The zero-order valence-electron chi connectivity index (χ0n) is 13.1. The fraction of sp³-hybridized carbons (Fsp3) is 0.353. The predicted molar refractivity (Wildman–Crippen MR) is 89.3 cm³/mol. The molecule has 1 atom stereocenters. The zero-order chi connectivity index (χ0) is 15.5. The van der Waals surface area contributed by atoms with Crippen molar-refractivity contribution in [1.29, 1.82) is 0 Å². The normalized spacial score (nSPS) is 21.8. The van der Waals surface area contributed by atoms with E-state index in [0.29, 0.717) is 5.96 Å². The van der Waals surface area contributed by atoms with Gasteiger partial charge in [-0.1, -0.05) is 6.07 Å². The molecule has 1 aromatic carbocycles. The summed E-state index contributed by atoms with van der Waals surface area (Å²) in [6.45, 7) is 4.24. The summed E-state index contributed by atoms with van der Waals surface area (Å²) in [5.41, 5.74) is 8.26. The van der Waals surface area contributed by atoms with Gasteiger partial charge in [0.1, 0.15) is 11.9 Å². The number of ether oxygens (including phenoxy) is 1. The number of aryl methyl sites for hydroxylation is 1. The van der Waals surface area contributed by atoms with Crippen molar-refractivity contribution in [2.24, 2.45) is 10.7 Å². The Labute approximate surface area is 131 Å². The van der Waals surface area contributed by atoms with Gasteiger partial charge in [0.25, 0.3) is 0 Å². The smallest absolute Gasteiger partial charge is 0.201 e. The number of nitrogens with zero attached hydrogens (tertiary/aromatic N) is 3. The molecule has 22 heavy (non-hydrogen) atoms.